The number of amides is 1. The molecule has 103 valence electrons. The standard InChI is InChI=1S/C16H21ClNO/c1-3-6-16(19)18-10-9-12(2)14(11-18)13-7-4-5-8-15(13)17/h4-5,7-8,12,14H,1,3,6,9-11H2,2H3. The number of hydrogen-bond donors (Lipinski definition) is 0. The lowest BCUT2D eigenvalue weighted by atomic mass is 9.82. The van der Waals surface area contributed by atoms with E-state index in [0.29, 0.717) is 24.7 Å². The lowest BCUT2D eigenvalue weighted by molar-refractivity contribution is -0.132. The number of rotatable bonds is 3. The van der Waals surface area contributed by atoms with Crippen LogP contribution in [0.3, 0.4) is 0 Å². The Morgan fingerprint density at radius 3 is 2.89 bits per heavy atom. The van der Waals surface area contributed by atoms with Gasteiger partial charge in [-0.1, -0.05) is 43.6 Å². The van der Waals surface area contributed by atoms with Gasteiger partial charge >= 0.3 is 0 Å². The zero-order valence-corrected chi connectivity index (χ0v) is 12.2. The highest BCUT2D eigenvalue weighted by Crippen LogP contribution is 2.35. The van der Waals surface area contributed by atoms with Gasteiger partial charge < -0.3 is 4.90 Å². The number of carbonyl (C=O) groups excluding carboxylic acids is 1. The van der Waals surface area contributed by atoms with E-state index in [1.165, 1.54) is 5.56 Å². The molecule has 19 heavy (non-hydrogen) atoms. The van der Waals surface area contributed by atoms with Crippen molar-refractivity contribution in [1.29, 1.82) is 0 Å². The van der Waals surface area contributed by atoms with Crippen LogP contribution in [0.4, 0.5) is 0 Å². The van der Waals surface area contributed by atoms with Crippen LogP contribution in [0.5, 0.6) is 0 Å². The highest BCUT2D eigenvalue weighted by molar-refractivity contribution is 6.31. The van der Waals surface area contributed by atoms with E-state index in [0.717, 1.165) is 24.5 Å². The van der Waals surface area contributed by atoms with Crippen molar-refractivity contribution < 1.29 is 4.79 Å². The highest BCUT2D eigenvalue weighted by Gasteiger charge is 2.30. The lowest BCUT2D eigenvalue weighted by Crippen LogP contribution is -2.42. The second-order valence-corrected chi connectivity index (χ2v) is 5.74. The Morgan fingerprint density at radius 1 is 1.47 bits per heavy atom. The molecule has 0 aliphatic carbocycles. The predicted molar refractivity (Wildman–Crippen MR) is 79.1 cm³/mol. The summed E-state index contributed by atoms with van der Waals surface area (Å²) in [6.45, 7) is 7.65. The Labute approximate surface area is 120 Å². The largest absolute Gasteiger partial charge is 0.342 e. The van der Waals surface area contributed by atoms with Crippen LogP contribution in [0, 0.1) is 12.8 Å². The van der Waals surface area contributed by atoms with Crippen LogP contribution in [0.25, 0.3) is 0 Å². The van der Waals surface area contributed by atoms with Crippen LogP contribution in [0.2, 0.25) is 5.02 Å². The van der Waals surface area contributed by atoms with Crippen molar-refractivity contribution in [2.45, 2.75) is 32.1 Å². The molecule has 1 amide bonds. The molecule has 1 aliphatic rings. The van der Waals surface area contributed by atoms with Gasteiger partial charge in [-0.25, -0.2) is 0 Å². The first-order valence-electron chi connectivity index (χ1n) is 6.95. The fourth-order valence-electron chi connectivity index (χ4n) is 2.79. The average Bonchev–Trinajstić information content (AvgIpc) is 2.40. The highest BCUT2D eigenvalue weighted by atomic mass is 35.5. The van der Waals surface area contributed by atoms with E-state index in [1.807, 2.05) is 23.1 Å². The third-order valence-electron chi connectivity index (χ3n) is 4.01. The number of likely N-dealkylation sites (tertiary alicyclic amines) is 1. The van der Waals surface area contributed by atoms with Crippen LogP contribution in [-0.4, -0.2) is 23.9 Å². The molecule has 1 saturated heterocycles. The molecule has 1 aliphatic heterocycles. The van der Waals surface area contributed by atoms with Crippen molar-refractivity contribution in [1.82, 2.24) is 4.90 Å². The molecule has 2 atom stereocenters. The molecule has 1 fully saturated rings. The Bertz CT molecular complexity index is 446. The van der Waals surface area contributed by atoms with Crippen molar-refractivity contribution in [2.75, 3.05) is 13.1 Å². The number of hydrogen-bond acceptors (Lipinski definition) is 1. The van der Waals surface area contributed by atoms with Gasteiger partial charge in [0, 0.05) is 30.5 Å². The summed E-state index contributed by atoms with van der Waals surface area (Å²) in [6, 6.07) is 7.98. The van der Waals surface area contributed by atoms with Crippen LogP contribution < -0.4 is 0 Å². The van der Waals surface area contributed by atoms with Gasteiger partial charge in [0.15, 0.2) is 0 Å². The fourth-order valence-corrected chi connectivity index (χ4v) is 3.06. The van der Waals surface area contributed by atoms with Gasteiger partial charge in [0.1, 0.15) is 0 Å². The minimum Gasteiger partial charge on any atom is -0.342 e. The normalized spacial score (nSPS) is 23.4. The summed E-state index contributed by atoms with van der Waals surface area (Å²) in [7, 11) is 0. The molecule has 1 aromatic carbocycles. The maximum absolute atomic E-state index is 12.0. The Morgan fingerprint density at radius 2 is 2.21 bits per heavy atom. The molecule has 0 bridgehead atoms. The quantitative estimate of drug-likeness (QED) is 0.821. The summed E-state index contributed by atoms with van der Waals surface area (Å²) >= 11 is 6.30. The van der Waals surface area contributed by atoms with Gasteiger partial charge in [-0.2, -0.15) is 0 Å². The Kier molecular flexibility index (Phi) is 4.87. The topological polar surface area (TPSA) is 20.3 Å². The van der Waals surface area contributed by atoms with Gasteiger partial charge in [-0.3, -0.25) is 4.79 Å². The molecule has 0 aromatic heterocycles. The summed E-state index contributed by atoms with van der Waals surface area (Å²) in [5, 5.41) is 0.811. The summed E-state index contributed by atoms with van der Waals surface area (Å²) in [5.41, 5.74) is 1.17. The molecule has 2 rings (SSSR count). The van der Waals surface area contributed by atoms with Crippen LogP contribution in [0.1, 0.15) is 37.7 Å². The van der Waals surface area contributed by atoms with Crippen LogP contribution >= 0.6 is 11.6 Å². The first-order valence-corrected chi connectivity index (χ1v) is 7.32. The molecular formula is C16H21ClNO. The maximum atomic E-state index is 12.0. The molecular weight excluding hydrogens is 258 g/mol. The summed E-state index contributed by atoms with van der Waals surface area (Å²) in [6.07, 6.45) is 2.25. The number of carbonyl (C=O) groups is 1. The molecule has 0 saturated carbocycles. The predicted octanol–water partition coefficient (Wildman–Crippen LogP) is 3.91. The van der Waals surface area contributed by atoms with E-state index in [1.54, 1.807) is 0 Å². The molecule has 1 radical (unpaired) electrons. The first-order chi connectivity index (χ1) is 9.13. The van der Waals surface area contributed by atoms with Crippen molar-refractivity contribution in [3.05, 3.63) is 41.8 Å². The van der Waals surface area contributed by atoms with Gasteiger partial charge in [0.2, 0.25) is 5.91 Å². The van der Waals surface area contributed by atoms with Crippen LogP contribution in [0.15, 0.2) is 24.3 Å². The smallest absolute Gasteiger partial charge is 0.222 e. The van der Waals surface area contributed by atoms with Crippen molar-refractivity contribution >= 4 is 17.5 Å². The third kappa shape index (κ3) is 3.30. The monoisotopic (exact) mass is 278 g/mol. The summed E-state index contributed by atoms with van der Waals surface area (Å²) in [4.78, 5) is 14.0. The number of piperidine rings is 1. The van der Waals surface area contributed by atoms with Crippen molar-refractivity contribution in [2.24, 2.45) is 5.92 Å². The maximum Gasteiger partial charge on any atom is 0.222 e. The Balaban J connectivity index is 2.15. The number of benzene rings is 1. The van der Waals surface area contributed by atoms with E-state index in [-0.39, 0.29) is 5.91 Å². The van der Waals surface area contributed by atoms with Gasteiger partial charge in [-0.15, -0.1) is 0 Å². The molecule has 1 heterocycles. The number of nitrogens with zero attached hydrogens (tertiary/aromatic N) is 1. The zero-order valence-electron chi connectivity index (χ0n) is 11.4. The van der Waals surface area contributed by atoms with E-state index < -0.39 is 0 Å². The minimum absolute atomic E-state index is 0.221. The summed E-state index contributed by atoms with van der Waals surface area (Å²) in [5.74, 6) is 1.12. The molecule has 0 spiro atoms. The molecule has 2 nitrogen and oxygen atoms in total. The molecule has 2 unspecified atom stereocenters. The number of halogens is 1. The van der Waals surface area contributed by atoms with E-state index >= 15 is 0 Å². The van der Waals surface area contributed by atoms with Gasteiger partial charge in [-0.05, 0) is 30.4 Å². The van der Waals surface area contributed by atoms with Gasteiger partial charge in [0.25, 0.3) is 0 Å². The molecule has 0 N–H and O–H groups in total. The molecule has 3 heteroatoms. The first kappa shape index (κ1) is 14.4. The van der Waals surface area contributed by atoms with Crippen LogP contribution in [-0.2, 0) is 4.79 Å². The van der Waals surface area contributed by atoms with Crippen molar-refractivity contribution in [3.8, 4) is 0 Å². The van der Waals surface area contributed by atoms with E-state index in [9.17, 15) is 4.79 Å². The zero-order chi connectivity index (χ0) is 13.8. The van der Waals surface area contributed by atoms with Gasteiger partial charge in [0.05, 0.1) is 0 Å². The second kappa shape index (κ2) is 6.42. The average molecular weight is 279 g/mol. The second-order valence-electron chi connectivity index (χ2n) is 5.34. The van der Waals surface area contributed by atoms with Crippen molar-refractivity contribution in [3.63, 3.8) is 0 Å². The third-order valence-corrected chi connectivity index (χ3v) is 4.35. The minimum atomic E-state index is 0.221. The molecule has 1 aromatic rings. The lowest BCUT2D eigenvalue weighted by Gasteiger charge is -2.37. The Hall–Kier alpha value is -1.02. The fraction of sp³-hybridized carbons (Fsp3) is 0.500. The summed E-state index contributed by atoms with van der Waals surface area (Å²) < 4.78 is 0. The SMILES string of the molecule is [CH2]CCC(=O)N1CCC(C)C(c2ccccc2Cl)C1. The van der Waals surface area contributed by atoms with E-state index in [2.05, 4.69) is 19.9 Å². The van der Waals surface area contributed by atoms with E-state index in [4.69, 9.17) is 11.6 Å².